The highest BCUT2D eigenvalue weighted by molar-refractivity contribution is 5.04. The van der Waals surface area contributed by atoms with Crippen molar-refractivity contribution in [1.29, 1.82) is 0 Å². The Balaban J connectivity index is 1.69. The molecule has 2 nitrogen and oxygen atoms in total. The Bertz CT molecular complexity index is 241. The van der Waals surface area contributed by atoms with Crippen molar-refractivity contribution in [2.75, 3.05) is 19.6 Å². The van der Waals surface area contributed by atoms with Gasteiger partial charge in [0.15, 0.2) is 0 Å². The van der Waals surface area contributed by atoms with Crippen LogP contribution in [0.3, 0.4) is 0 Å². The standard InChI is InChI=1S/C14H26N2/c1-2-9-16-10-13(12-5-6-12)15-11-14(16)7-3-4-8-14/h12-13,15H,2-11H2,1H3. The van der Waals surface area contributed by atoms with Gasteiger partial charge in [-0.1, -0.05) is 19.8 Å². The van der Waals surface area contributed by atoms with E-state index in [1.165, 1.54) is 64.6 Å². The molecule has 3 rings (SSSR count). The zero-order valence-electron chi connectivity index (χ0n) is 10.7. The zero-order valence-corrected chi connectivity index (χ0v) is 10.7. The number of nitrogens with zero attached hydrogens (tertiary/aromatic N) is 1. The van der Waals surface area contributed by atoms with Crippen LogP contribution in [0.5, 0.6) is 0 Å². The number of rotatable bonds is 3. The Labute approximate surface area is 99.8 Å². The largest absolute Gasteiger partial charge is 0.311 e. The lowest BCUT2D eigenvalue weighted by molar-refractivity contribution is 0.0384. The fraction of sp³-hybridized carbons (Fsp3) is 1.00. The first-order chi connectivity index (χ1) is 7.84. The molecule has 0 amide bonds. The molecule has 92 valence electrons. The summed E-state index contributed by atoms with van der Waals surface area (Å²) in [5.41, 5.74) is 0.557. The van der Waals surface area contributed by atoms with Gasteiger partial charge in [0.2, 0.25) is 0 Å². The molecule has 0 aromatic heterocycles. The number of hydrogen-bond acceptors (Lipinski definition) is 2. The molecular formula is C14H26N2. The molecule has 1 N–H and O–H groups in total. The van der Waals surface area contributed by atoms with E-state index < -0.39 is 0 Å². The van der Waals surface area contributed by atoms with Gasteiger partial charge >= 0.3 is 0 Å². The number of piperazine rings is 1. The van der Waals surface area contributed by atoms with Crippen LogP contribution in [0.2, 0.25) is 0 Å². The fourth-order valence-corrected chi connectivity index (χ4v) is 3.87. The molecule has 0 radical (unpaired) electrons. The molecule has 1 aliphatic heterocycles. The van der Waals surface area contributed by atoms with Crippen molar-refractivity contribution < 1.29 is 0 Å². The van der Waals surface area contributed by atoms with Crippen molar-refractivity contribution in [1.82, 2.24) is 10.2 Å². The lowest BCUT2D eigenvalue weighted by atomic mass is 9.90. The minimum absolute atomic E-state index is 0.557. The third-order valence-electron chi connectivity index (χ3n) is 5.00. The Morgan fingerprint density at radius 1 is 1.25 bits per heavy atom. The third kappa shape index (κ3) is 1.91. The van der Waals surface area contributed by atoms with Gasteiger partial charge in [-0.15, -0.1) is 0 Å². The average Bonchev–Trinajstić information content (AvgIpc) is 3.04. The maximum atomic E-state index is 3.86. The van der Waals surface area contributed by atoms with Crippen LogP contribution < -0.4 is 5.32 Å². The van der Waals surface area contributed by atoms with Gasteiger partial charge in [-0.25, -0.2) is 0 Å². The summed E-state index contributed by atoms with van der Waals surface area (Å²) in [6, 6.07) is 0.817. The highest BCUT2D eigenvalue weighted by Crippen LogP contribution is 2.41. The monoisotopic (exact) mass is 222 g/mol. The van der Waals surface area contributed by atoms with Crippen LogP contribution in [-0.2, 0) is 0 Å². The molecule has 2 aliphatic carbocycles. The van der Waals surface area contributed by atoms with Crippen molar-refractivity contribution in [3.8, 4) is 0 Å². The Morgan fingerprint density at radius 3 is 2.62 bits per heavy atom. The van der Waals surface area contributed by atoms with E-state index in [-0.39, 0.29) is 0 Å². The Hall–Kier alpha value is -0.0800. The number of nitrogens with one attached hydrogen (secondary N) is 1. The quantitative estimate of drug-likeness (QED) is 0.789. The summed E-state index contributed by atoms with van der Waals surface area (Å²) < 4.78 is 0. The first-order valence-electron chi connectivity index (χ1n) is 7.32. The van der Waals surface area contributed by atoms with Gasteiger partial charge in [0, 0.05) is 24.7 Å². The van der Waals surface area contributed by atoms with Crippen molar-refractivity contribution >= 4 is 0 Å². The van der Waals surface area contributed by atoms with Crippen LogP contribution in [0.25, 0.3) is 0 Å². The van der Waals surface area contributed by atoms with E-state index in [1.807, 2.05) is 0 Å². The molecule has 2 saturated carbocycles. The summed E-state index contributed by atoms with van der Waals surface area (Å²) in [6.07, 6.45) is 10.1. The maximum absolute atomic E-state index is 3.86. The summed E-state index contributed by atoms with van der Waals surface area (Å²) in [5, 5.41) is 3.86. The van der Waals surface area contributed by atoms with E-state index in [0.29, 0.717) is 5.54 Å². The predicted octanol–water partition coefficient (Wildman–Crippen LogP) is 2.39. The van der Waals surface area contributed by atoms with E-state index in [4.69, 9.17) is 0 Å². The molecule has 16 heavy (non-hydrogen) atoms. The van der Waals surface area contributed by atoms with Gasteiger partial charge in [0.1, 0.15) is 0 Å². The van der Waals surface area contributed by atoms with E-state index in [2.05, 4.69) is 17.1 Å². The molecule has 3 fully saturated rings. The maximum Gasteiger partial charge on any atom is 0.0334 e. The normalized spacial score (nSPS) is 34.7. The molecular weight excluding hydrogens is 196 g/mol. The van der Waals surface area contributed by atoms with Crippen molar-refractivity contribution in [2.24, 2.45) is 5.92 Å². The minimum Gasteiger partial charge on any atom is -0.311 e. The van der Waals surface area contributed by atoms with Gasteiger partial charge in [-0.05, 0) is 44.6 Å². The molecule has 1 heterocycles. The summed E-state index contributed by atoms with van der Waals surface area (Å²) in [4.78, 5) is 2.85. The molecule has 3 aliphatic rings. The highest BCUT2D eigenvalue weighted by atomic mass is 15.3. The molecule has 1 atom stereocenters. The van der Waals surface area contributed by atoms with E-state index in [1.54, 1.807) is 0 Å². The first-order valence-corrected chi connectivity index (χ1v) is 7.32. The summed E-state index contributed by atoms with van der Waals surface area (Å²) in [7, 11) is 0. The SMILES string of the molecule is CCCN1CC(C2CC2)NCC12CCCC2. The molecule has 1 spiro atoms. The molecule has 2 heteroatoms. The lowest BCUT2D eigenvalue weighted by Crippen LogP contribution is -2.64. The van der Waals surface area contributed by atoms with Gasteiger partial charge in [0.25, 0.3) is 0 Å². The Morgan fingerprint density at radius 2 is 2.00 bits per heavy atom. The first kappa shape index (κ1) is 11.0. The molecule has 0 aromatic rings. The second kappa shape index (κ2) is 4.30. The summed E-state index contributed by atoms with van der Waals surface area (Å²) in [5.74, 6) is 1.01. The van der Waals surface area contributed by atoms with Crippen LogP contribution in [0.1, 0.15) is 51.9 Å². The van der Waals surface area contributed by atoms with Gasteiger partial charge in [-0.2, -0.15) is 0 Å². The van der Waals surface area contributed by atoms with Crippen LogP contribution in [0.4, 0.5) is 0 Å². The lowest BCUT2D eigenvalue weighted by Gasteiger charge is -2.48. The van der Waals surface area contributed by atoms with Crippen LogP contribution in [-0.4, -0.2) is 36.1 Å². The van der Waals surface area contributed by atoms with Crippen LogP contribution in [0, 0.1) is 5.92 Å². The average molecular weight is 222 g/mol. The predicted molar refractivity (Wildman–Crippen MR) is 67.6 cm³/mol. The smallest absolute Gasteiger partial charge is 0.0334 e. The van der Waals surface area contributed by atoms with E-state index in [9.17, 15) is 0 Å². The van der Waals surface area contributed by atoms with Crippen LogP contribution in [0.15, 0.2) is 0 Å². The summed E-state index contributed by atoms with van der Waals surface area (Å²) in [6.45, 7) is 6.26. The van der Waals surface area contributed by atoms with Gasteiger partial charge in [-0.3, -0.25) is 4.90 Å². The second-order valence-corrected chi connectivity index (χ2v) is 6.20. The molecule has 1 saturated heterocycles. The summed E-state index contributed by atoms with van der Waals surface area (Å²) >= 11 is 0. The molecule has 0 aromatic carbocycles. The van der Waals surface area contributed by atoms with Gasteiger partial charge in [0.05, 0.1) is 0 Å². The van der Waals surface area contributed by atoms with Crippen LogP contribution >= 0.6 is 0 Å². The molecule has 1 unspecified atom stereocenters. The zero-order chi connectivity index (χ0) is 11.0. The van der Waals surface area contributed by atoms with Crippen molar-refractivity contribution in [3.63, 3.8) is 0 Å². The van der Waals surface area contributed by atoms with Crippen molar-refractivity contribution in [2.45, 2.75) is 63.5 Å². The number of hydrogen-bond donors (Lipinski definition) is 1. The second-order valence-electron chi connectivity index (χ2n) is 6.20. The fourth-order valence-electron chi connectivity index (χ4n) is 3.87. The Kier molecular flexibility index (Phi) is 2.97. The van der Waals surface area contributed by atoms with E-state index in [0.717, 1.165) is 12.0 Å². The third-order valence-corrected chi connectivity index (χ3v) is 5.00. The minimum atomic E-state index is 0.557. The van der Waals surface area contributed by atoms with Crippen molar-refractivity contribution in [3.05, 3.63) is 0 Å². The molecule has 0 bridgehead atoms. The van der Waals surface area contributed by atoms with Gasteiger partial charge < -0.3 is 5.32 Å². The van der Waals surface area contributed by atoms with E-state index >= 15 is 0 Å². The topological polar surface area (TPSA) is 15.3 Å². The highest BCUT2D eigenvalue weighted by Gasteiger charge is 2.45.